The molecule has 0 fully saturated rings. The van der Waals surface area contributed by atoms with E-state index in [1.54, 1.807) is 6.07 Å². The zero-order chi connectivity index (χ0) is 16.2. The van der Waals surface area contributed by atoms with Crippen LogP contribution in [0, 0.1) is 0 Å². The minimum Gasteiger partial charge on any atom is -0.778 e. The van der Waals surface area contributed by atoms with Gasteiger partial charge >= 0.3 is 17.1 Å². The van der Waals surface area contributed by atoms with Crippen molar-refractivity contribution in [2.75, 3.05) is 0 Å². The van der Waals surface area contributed by atoms with E-state index in [1.165, 1.54) is 12.1 Å². The molecule has 24 heavy (non-hydrogen) atoms. The summed E-state index contributed by atoms with van der Waals surface area (Å²) >= 11 is 5.31. The van der Waals surface area contributed by atoms with Crippen LogP contribution in [0.4, 0.5) is 5.69 Å². The number of hydrogen-bond acceptors (Lipinski definition) is 4. The number of benzene rings is 3. The van der Waals surface area contributed by atoms with Crippen molar-refractivity contribution in [2.45, 2.75) is 4.90 Å². The van der Waals surface area contributed by atoms with Crippen LogP contribution in [0.15, 0.2) is 82.7 Å². The Morgan fingerprint density at radius 3 is 2.17 bits per heavy atom. The fourth-order valence-electron chi connectivity index (χ4n) is 2.27. The molecule has 5 heteroatoms. The maximum absolute atomic E-state index is 10.2. The average molecular weight is 384 g/mol. The number of hydrogen-bond donors (Lipinski definition) is 2. The van der Waals surface area contributed by atoms with Gasteiger partial charge in [0.25, 0.3) is 0 Å². The maximum Gasteiger partial charge on any atom is 1.00 e. The van der Waals surface area contributed by atoms with Gasteiger partial charge in [0.15, 0.2) is 0 Å². The summed E-state index contributed by atoms with van der Waals surface area (Å²) in [6.07, 6.45) is 0. The smallest absolute Gasteiger partial charge is 0.778 e. The van der Waals surface area contributed by atoms with Crippen molar-refractivity contribution >= 4 is 24.0 Å². The maximum atomic E-state index is 10.2. The van der Waals surface area contributed by atoms with Crippen LogP contribution in [0.25, 0.3) is 0 Å². The van der Waals surface area contributed by atoms with Gasteiger partial charge in [-0.2, -0.15) is 0 Å². The zero-order valence-electron chi connectivity index (χ0n) is 12.5. The van der Waals surface area contributed by atoms with E-state index in [0.29, 0.717) is 21.9 Å². The third-order valence-corrected chi connectivity index (χ3v) is 3.73. The standard InChI is InChI=1S/C19H15NO2S.Cu/c21-14-10-11-15(17(22)12-14)19(13-6-2-1-3-7-13)20-16-8-4-5-9-18(16)23;/h1-12,21-23H;/q;+1/p-1. The van der Waals surface area contributed by atoms with E-state index in [4.69, 9.17) is 12.6 Å². The summed E-state index contributed by atoms with van der Waals surface area (Å²) in [7, 11) is 0. The van der Waals surface area contributed by atoms with Crippen molar-refractivity contribution in [1.82, 2.24) is 0 Å². The van der Waals surface area contributed by atoms with E-state index in [0.717, 1.165) is 5.56 Å². The Morgan fingerprint density at radius 2 is 1.50 bits per heavy atom. The van der Waals surface area contributed by atoms with Crippen molar-refractivity contribution in [2.24, 2.45) is 4.99 Å². The van der Waals surface area contributed by atoms with Crippen LogP contribution in [-0.4, -0.2) is 15.9 Å². The van der Waals surface area contributed by atoms with Crippen LogP contribution >= 0.6 is 0 Å². The molecule has 0 aliphatic heterocycles. The molecule has 0 aliphatic rings. The first-order valence-corrected chi connectivity index (χ1v) is 7.48. The van der Waals surface area contributed by atoms with Crippen molar-refractivity contribution < 1.29 is 27.3 Å². The van der Waals surface area contributed by atoms with Gasteiger partial charge in [-0.05, 0) is 18.2 Å². The van der Waals surface area contributed by atoms with Crippen molar-refractivity contribution in [3.05, 3.63) is 83.9 Å². The van der Waals surface area contributed by atoms with Crippen LogP contribution in [0.2, 0.25) is 0 Å². The van der Waals surface area contributed by atoms with E-state index < -0.39 is 0 Å². The Kier molecular flexibility index (Phi) is 5.98. The first-order chi connectivity index (χ1) is 11.1. The predicted molar refractivity (Wildman–Crippen MR) is 93.6 cm³/mol. The molecular weight excluding hydrogens is 370 g/mol. The molecule has 0 aliphatic carbocycles. The van der Waals surface area contributed by atoms with Gasteiger partial charge in [-0.25, -0.2) is 4.99 Å². The van der Waals surface area contributed by atoms with Gasteiger partial charge in [-0.1, -0.05) is 48.5 Å². The molecule has 0 amide bonds. The third kappa shape index (κ3) is 3.95. The number of aliphatic imine (C=N–C) groups is 1. The summed E-state index contributed by atoms with van der Waals surface area (Å²) < 4.78 is 0. The predicted octanol–water partition coefficient (Wildman–Crippen LogP) is 4.17. The van der Waals surface area contributed by atoms with Gasteiger partial charge in [0, 0.05) is 22.9 Å². The molecule has 3 rings (SSSR count). The SMILES string of the molecule is Oc1ccc(C(=Nc2ccccc2[S-])c2ccccc2)c(O)c1.[Cu+]. The van der Waals surface area contributed by atoms with E-state index >= 15 is 0 Å². The number of para-hydroxylation sites is 1. The van der Waals surface area contributed by atoms with Gasteiger partial charge in [0.1, 0.15) is 11.5 Å². The number of aromatic hydroxyl groups is 2. The summed E-state index contributed by atoms with van der Waals surface area (Å²) in [5, 5.41) is 19.7. The Hall–Kier alpha value is -2.33. The molecule has 0 saturated carbocycles. The minimum atomic E-state index is -0.0329. The Bertz CT molecular complexity index is 866. The third-order valence-electron chi connectivity index (χ3n) is 3.38. The molecule has 124 valence electrons. The molecule has 0 radical (unpaired) electrons. The topological polar surface area (TPSA) is 52.8 Å². The molecular formula is C19H14CuNO2S. The molecule has 3 aromatic rings. The fourth-order valence-corrected chi connectivity index (χ4v) is 2.46. The molecule has 0 aromatic heterocycles. The number of nitrogens with zero attached hydrogens (tertiary/aromatic N) is 1. The van der Waals surface area contributed by atoms with E-state index in [1.807, 2.05) is 54.6 Å². The molecule has 0 atom stereocenters. The number of rotatable bonds is 3. The van der Waals surface area contributed by atoms with E-state index in [-0.39, 0.29) is 28.6 Å². The summed E-state index contributed by atoms with van der Waals surface area (Å²) in [5.41, 5.74) is 2.65. The molecule has 3 aromatic carbocycles. The van der Waals surface area contributed by atoms with Crippen molar-refractivity contribution in [3.63, 3.8) is 0 Å². The van der Waals surface area contributed by atoms with Crippen molar-refractivity contribution in [3.8, 4) is 11.5 Å². The summed E-state index contributed by atoms with van der Waals surface area (Å²) in [4.78, 5) is 5.30. The quantitative estimate of drug-likeness (QED) is 0.405. The van der Waals surface area contributed by atoms with Gasteiger partial charge in [0.05, 0.1) is 5.71 Å². The van der Waals surface area contributed by atoms with Gasteiger partial charge < -0.3 is 22.8 Å². The minimum absolute atomic E-state index is 0. The summed E-state index contributed by atoms with van der Waals surface area (Å²) in [5.74, 6) is -0.0308. The second-order valence-electron chi connectivity index (χ2n) is 5.00. The van der Waals surface area contributed by atoms with Gasteiger partial charge in [-0.15, -0.1) is 4.90 Å². The Labute approximate surface area is 156 Å². The van der Waals surface area contributed by atoms with E-state index in [2.05, 4.69) is 4.99 Å². The Morgan fingerprint density at radius 1 is 0.833 bits per heavy atom. The van der Waals surface area contributed by atoms with Crippen molar-refractivity contribution in [1.29, 1.82) is 0 Å². The second kappa shape index (κ2) is 7.97. The Balaban J connectivity index is 0.00000208. The number of phenolic OH excluding ortho intramolecular Hbond substituents is 2. The van der Waals surface area contributed by atoms with Gasteiger partial charge in [-0.3, -0.25) is 0 Å². The molecule has 0 spiro atoms. The number of phenols is 2. The van der Waals surface area contributed by atoms with Crippen LogP contribution < -0.4 is 0 Å². The van der Waals surface area contributed by atoms with Crippen LogP contribution in [0.3, 0.4) is 0 Å². The van der Waals surface area contributed by atoms with Gasteiger partial charge in [0.2, 0.25) is 0 Å². The molecule has 0 bridgehead atoms. The second-order valence-corrected chi connectivity index (χ2v) is 5.44. The van der Waals surface area contributed by atoms with Crippen LogP contribution in [-0.2, 0) is 29.7 Å². The molecule has 2 N–H and O–H groups in total. The monoisotopic (exact) mass is 383 g/mol. The summed E-state index contributed by atoms with van der Waals surface area (Å²) in [6.45, 7) is 0. The first kappa shape index (κ1) is 18.0. The average Bonchev–Trinajstić information content (AvgIpc) is 2.56. The van der Waals surface area contributed by atoms with E-state index in [9.17, 15) is 10.2 Å². The first-order valence-electron chi connectivity index (χ1n) is 7.07. The molecule has 3 nitrogen and oxygen atoms in total. The van der Waals surface area contributed by atoms with Crippen LogP contribution in [0.1, 0.15) is 11.1 Å². The fraction of sp³-hybridized carbons (Fsp3) is 0. The normalized spacial score (nSPS) is 10.9. The summed E-state index contributed by atoms with van der Waals surface area (Å²) in [6, 6.07) is 21.4. The van der Waals surface area contributed by atoms with Crippen LogP contribution in [0.5, 0.6) is 11.5 Å². The largest absolute Gasteiger partial charge is 1.00 e. The molecule has 0 unspecified atom stereocenters. The molecule has 0 saturated heterocycles. The zero-order valence-corrected chi connectivity index (χ0v) is 14.2. The molecule has 0 heterocycles.